The van der Waals surface area contributed by atoms with Gasteiger partial charge in [0.1, 0.15) is 0 Å². The molecule has 0 radical (unpaired) electrons. The van der Waals surface area contributed by atoms with Gasteiger partial charge < -0.3 is 10.1 Å². The zero-order valence-corrected chi connectivity index (χ0v) is 11.1. The first kappa shape index (κ1) is 12.1. The molecule has 0 saturated carbocycles. The number of hydrogen-bond acceptors (Lipinski definition) is 3. The SMILES string of the molecule is CC(NC1CCOC(C)(C)C1)c1cccs1. The van der Waals surface area contributed by atoms with Crippen molar-refractivity contribution < 1.29 is 4.74 Å². The Balaban J connectivity index is 1.90. The fraction of sp³-hybridized carbons (Fsp3) is 0.692. The molecule has 2 rings (SSSR count). The van der Waals surface area contributed by atoms with Gasteiger partial charge in [-0.2, -0.15) is 0 Å². The Kier molecular flexibility index (Phi) is 3.67. The molecule has 0 aliphatic carbocycles. The third-order valence-electron chi connectivity index (χ3n) is 3.15. The number of ether oxygens (including phenoxy) is 1. The molecule has 90 valence electrons. The lowest BCUT2D eigenvalue weighted by atomic mass is 9.93. The Labute approximate surface area is 102 Å². The van der Waals surface area contributed by atoms with Crippen LogP contribution in [0.1, 0.15) is 44.5 Å². The average Bonchev–Trinajstić information content (AvgIpc) is 2.68. The number of rotatable bonds is 3. The average molecular weight is 239 g/mol. The van der Waals surface area contributed by atoms with Gasteiger partial charge in [-0.25, -0.2) is 0 Å². The van der Waals surface area contributed by atoms with Crippen molar-refractivity contribution in [2.75, 3.05) is 6.61 Å². The third kappa shape index (κ3) is 3.06. The van der Waals surface area contributed by atoms with E-state index < -0.39 is 0 Å². The molecule has 16 heavy (non-hydrogen) atoms. The summed E-state index contributed by atoms with van der Waals surface area (Å²) in [4.78, 5) is 1.42. The minimum atomic E-state index is 0.0328. The van der Waals surface area contributed by atoms with Crippen LogP contribution in [-0.2, 0) is 4.74 Å². The van der Waals surface area contributed by atoms with Crippen molar-refractivity contribution in [2.45, 2.75) is 51.3 Å². The fourth-order valence-electron chi connectivity index (χ4n) is 2.35. The zero-order valence-electron chi connectivity index (χ0n) is 10.3. The number of nitrogens with one attached hydrogen (secondary N) is 1. The molecule has 1 aliphatic rings. The summed E-state index contributed by atoms with van der Waals surface area (Å²) in [5.41, 5.74) is 0.0328. The Morgan fingerprint density at radius 1 is 1.56 bits per heavy atom. The molecule has 1 aromatic rings. The number of thiophene rings is 1. The van der Waals surface area contributed by atoms with Gasteiger partial charge in [0.05, 0.1) is 5.60 Å². The zero-order chi connectivity index (χ0) is 11.6. The maximum absolute atomic E-state index is 5.73. The van der Waals surface area contributed by atoms with E-state index in [-0.39, 0.29) is 5.60 Å². The lowest BCUT2D eigenvalue weighted by Crippen LogP contribution is -2.44. The summed E-state index contributed by atoms with van der Waals surface area (Å²) in [6.07, 6.45) is 2.22. The summed E-state index contributed by atoms with van der Waals surface area (Å²) in [7, 11) is 0. The Bertz CT molecular complexity index is 321. The summed E-state index contributed by atoms with van der Waals surface area (Å²) in [6.45, 7) is 7.48. The molecule has 2 atom stereocenters. The van der Waals surface area contributed by atoms with E-state index in [2.05, 4.69) is 43.6 Å². The van der Waals surface area contributed by atoms with Gasteiger partial charge in [-0.3, -0.25) is 0 Å². The fourth-order valence-corrected chi connectivity index (χ4v) is 3.09. The van der Waals surface area contributed by atoms with Gasteiger partial charge in [-0.1, -0.05) is 6.07 Å². The van der Waals surface area contributed by atoms with Crippen LogP contribution in [0.5, 0.6) is 0 Å². The second kappa shape index (κ2) is 4.86. The summed E-state index contributed by atoms with van der Waals surface area (Å²) in [6, 6.07) is 5.36. The summed E-state index contributed by atoms with van der Waals surface area (Å²) in [5, 5.41) is 5.85. The Morgan fingerprint density at radius 3 is 3.00 bits per heavy atom. The molecule has 2 heterocycles. The van der Waals surface area contributed by atoms with Crippen LogP contribution >= 0.6 is 11.3 Å². The van der Waals surface area contributed by atoms with E-state index in [0.717, 1.165) is 19.4 Å². The number of hydrogen-bond donors (Lipinski definition) is 1. The molecule has 1 aromatic heterocycles. The van der Waals surface area contributed by atoms with Crippen molar-refractivity contribution in [1.29, 1.82) is 0 Å². The maximum atomic E-state index is 5.73. The molecule has 1 N–H and O–H groups in total. The van der Waals surface area contributed by atoms with Crippen molar-refractivity contribution >= 4 is 11.3 Å². The standard InChI is InChI=1S/C13H21NOS/c1-10(12-5-4-8-16-12)14-11-6-7-15-13(2,3)9-11/h4-5,8,10-11,14H,6-7,9H2,1-3H3. The highest BCUT2D eigenvalue weighted by molar-refractivity contribution is 7.10. The lowest BCUT2D eigenvalue weighted by Gasteiger charge is -2.37. The molecule has 2 unspecified atom stereocenters. The van der Waals surface area contributed by atoms with E-state index in [0.29, 0.717) is 12.1 Å². The van der Waals surface area contributed by atoms with Crippen molar-refractivity contribution in [3.63, 3.8) is 0 Å². The summed E-state index contributed by atoms with van der Waals surface area (Å²) in [5.74, 6) is 0. The van der Waals surface area contributed by atoms with E-state index in [9.17, 15) is 0 Å². The van der Waals surface area contributed by atoms with Gasteiger partial charge in [0.25, 0.3) is 0 Å². The van der Waals surface area contributed by atoms with Crippen LogP contribution in [0.4, 0.5) is 0 Å². The summed E-state index contributed by atoms with van der Waals surface area (Å²) >= 11 is 1.83. The van der Waals surface area contributed by atoms with Crippen molar-refractivity contribution in [2.24, 2.45) is 0 Å². The quantitative estimate of drug-likeness (QED) is 0.873. The third-order valence-corrected chi connectivity index (χ3v) is 4.21. The van der Waals surface area contributed by atoms with E-state index in [4.69, 9.17) is 4.74 Å². The smallest absolute Gasteiger partial charge is 0.0641 e. The highest BCUT2D eigenvalue weighted by Gasteiger charge is 2.29. The molecule has 0 aromatic carbocycles. The monoisotopic (exact) mass is 239 g/mol. The second-order valence-corrected chi connectivity index (χ2v) is 6.18. The van der Waals surface area contributed by atoms with E-state index >= 15 is 0 Å². The molecule has 0 bridgehead atoms. The van der Waals surface area contributed by atoms with E-state index in [1.165, 1.54) is 4.88 Å². The molecule has 1 aliphatic heterocycles. The van der Waals surface area contributed by atoms with Crippen LogP contribution in [0.25, 0.3) is 0 Å². The normalized spacial score (nSPS) is 26.6. The van der Waals surface area contributed by atoms with Gasteiger partial charge >= 0.3 is 0 Å². The predicted molar refractivity (Wildman–Crippen MR) is 68.9 cm³/mol. The minimum Gasteiger partial charge on any atom is -0.375 e. The highest BCUT2D eigenvalue weighted by Crippen LogP contribution is 2.26. The topological polar surface area (TPSA) is 21.3 Å². The first-order valence-electron chi connectivity index (χ1n) is 6.00. The largest absolute Gasteiger partial charge is 0.375 e. The molecular formula is C13H21NOS. The molecule has 0 spiro atoms. The van der Waals surface area contributed by atoms with Crippen LogP contribution in [0.15, 0.2) is 17.5 Å². The van der Waals surface area contributed by atoms with Gasteiger partial charge in [-0.05, 0) is 45.1 Å². The van der Waals surface area contributed by atoms with E-state index in [1.807, 2.05) is 11.3 Å². The van der Waals surface area contributed by atoms with Crippen molar-refractivity contribution in [3.05, 3.63) is 22.4 Å². The lowest BCUT2D eigenvalue weighted by molar-refractivity contribution is -0.0639. The van der Waals surface area contributed by atoms with Crippen LogP contribution in [0.2, 0.25) is 0 Å². The second-order valence-electron chi connectivity index (χ2n) is 5.20. The minimum absolute atomic E-state index is 0.0328. The molecular weight excluding hydrogens is 218 g/mol. The van der Waals surface area contributed by atoms with Crippen LogP contribution in [0, 0.1) is 0 Å². The maximum Gasteiger partial charge on any atom is 0.0641 e. The van der Waals surface area contributed by atoms with Gasteiger partial charge in [-0.15, -0.1) is 11.3 Å². The van der Waals surface area contributed by atoms with Crippen molar-refractivity contribution in [3.8, 4) is 0 Å². The molecule has 1 fully saturated rings. The molecule has 3 heteroatoms. The van der Waals surface area contributed by atoms with Crippen molar-refractivity contribution in [1.82, 2.24) is 5.32 Å². The van der Waals surface area contributed by atoms with Crippen LogP contribution in [0.3, 0.4) is 0 Å². The Morgan fingerprint density at radius 2 is 2.38 bits per heavy atom. The van der Waals surface area contributed by atoms with E-state index in [1.54, 1.807) is 0 Å². The Hall–Kier alpha value is -0.380. The molecule has 0 amide bonds. The summed E-state index contributed by atoms with van der Waals surface area (Å²) < 4.78 is 5.73. The molecule has 2 nitrogen and oxygen atoms in total. The van der Waals surface area contributed by atoms with Gasteiger partial charge in [0.15, 0.2) is 0 Å². The first-order valence-corrected chi connectivity index (χ1v) is 6.88. The van der Waals surface area contributed by atoms with Crippen LogP contribution < -0.4 is 5.32 Å². The molecule has 1 saturated heterocycles. The first-order chi connectivity index (χ1) is 7.57. The van der Waals surface area contributed by atoms with Gasteiger partial charge in [0, 0.05) is 23.6 Å². The highest BCUT2D eigenvalue weighted by atomic mass is 32.1. The predicted octanol–water partition coefficient (Wildman–Crippen LogP) is 3.36. The van der Waals surface area contributed by atoms with Gasteiger partial charge in [0.2, 0.25) is 0 Å². The van der Waals surface area contributed by atoms with Crippen LogP contribution in [-0.4, -0.2) is 18.2 Å².